The first-order valence-electron chi connectivity index (χ1n) is 9.70. The molecule has 1 atom stereocenters. The number of nitrogens with one attached hydrogen (secondary N) is 3. The molecule has 0 aromatic carbocycles. The van der Waals surface area contributed by atoms with Crippen LogP contribution in [0.5, 0.6) is 0 Å². The minimum Gasteiger partial charge on any atom is -0.394 e. The van der Waals surface area contributed by atoms with Crippen molar-refractivity contribution < 1.29 is 9.90 Å². The molecule has 0 spiro atoms. The molecule has 1 saturated heterocycles. The molecule has 9 heteroatoms. The van der Waals surface area contributed by atoms with Crippen LogP contribution in [-0.2, 0) is 0 Å². The van der Waals surface area contributed by atoms with Crippen LogP contribution in [0.3, 0.4) is 0 Å². The number of aliphatic hydroxyl groups excluding tert-OH is 1. The summed E-state index contributed by atoms with van der Waals surface area (Å²) >= 11 is 0. The van der Waals surface area contributed by atoms with Crippen LogP contribution in [0.1, 0.15) is 17.4 Å². The maximum Gasteiger partial charge on any atom is 0.268 e. The molecule has 3 heterocycles. The monoisotopic (exact) mass is 411 g/mol. The van der Waals surface area contributed by atoms with Crippen LogP contribution < -0.4 is 15.5 Å². The van der Waals surface area contributed by atoms with E-state index < -0.39 is 6.04 Å². The number of allylic oxidation sites excluding steroid dienone is 1. The van der Waals surface area contributed by atoms with Gasteiger partial charge in [-0.05, 0) is 18.6 Å². The van der Waals surface area contributed by atoms with E-state index in [9.17, 15) is 9.90 Å². The van der Waals surface area contributed by atoms with Gasteiger partial charge in [0.15, 0.2) is 5.82 Å². The number of hydrogen-bond donors (Lipinski definition) is 4. The fourth-order valence-corrected chi connectivity index (χ4v) is 3.03. The molecule has 9 nitrogen and oxygen atoms in total. The van der Waals surface area contributed by atoms with E-state index in [-0.39, 0.29) is 12.5 Å². The number of aliphatic hydroxyl groups is 1. The van der Waals surface area contributed by atoms with E-state index in [1.165, 1.54) is 6.33 Å². The summed E-state index contributed by atoms with van der Waals surface area (Å²) in [7, 11) is 0. The van der Waals surface area contributed by atoms with Crippen LogP contribution in [0.15, 0.2) is 56.1 Å². The van der Waals surface area contributed by atoms with Gasteiger partial charge in [-0.3, -0.25) is 4.79 Å². The topological polar surface area (TPSA) is 119 Å². The third-order valence-corrected chi connectivity index (χ3v) is 4.60. The molecule has 1 aliphatic heterocycles. The zero-order valence-electron chi connectivity index (χ0n) is 17.3. The number of hydrogen-bond acceptors (Lipinski definition) is 7. The molecular weight excluding hydrogens is 382 g/mol. The standard InChI is InChI=1S/C19H25N7O2.C2H4/c1-3-13(4-2)16(11-27)24-18(28)15-9-14(10-21-15)17-22-12-23-19(25-17)26-7-5-20-6-8-26;1-2/h3-4,9-10,12,16,20-21,27H,1,5-8,11H2,2H3,(H,24,28);1-2H2/b13-4+;. The molecule has 4 N–H and O–H groups in total. The van der Waals surface area contributed by atoms with E-state index in [1.54, 1.807) is 24.4 Å². The van der Waals surface area contributed by atoms with Crippen molar-refractivity contribution in [3.63, 3.8) is 0 Å². The molecule has 1 unspecified atom stereocenters. The lowest BCUT2D eigenvalue weighted by atomic mass is 10.1. The second kappa shape index (κ2) is 11.6. The molecule has 3 rings (SSSR count). The Morgan fingerprint density at radius 2 is 2.10 bits per heavy atom. The third-order valence-electron chi connectivity index (χ3n) is 4.60. The first kappa shape index (κ1) is 23.0. The van der Waals surface area contributed by atoms with Gasteiger partial charge < -0.3 is 25.6 Å². The smallest absolute Gasteiger partial charge is 0.268 e. The highest BCUT2D eigenvalue weighted by molar-refractivity contribution is 5.94. The Morgan fingerprint density at radius 1 is 1.37 bits per heavy atom. The number of nitrogens with zero attached hydrogens (tertiary/aromatic N) is 4. The first-order chi connectivity index (χ1) is 14.7. The zero-order chi connectivity index (χ0) is 21.9. The highest BCUT2D eigenvalue weighted by Crippen LogP contribution is 2.18. The summed E-state index contributed by atoms with van der Waals surface area (Å²) in [4.78, 5) is 30.6. The van der Waals surface area contributed by atoms with Gasteiger partial charge in [-0.15, -0.1) is 13.2 Å². The maximum atomic E-state index is 12.5. The van der Waals surface area contributed by atoms with Crippen LogP contribution in [0.4, 0.5) is 5.95 Å². The molecule has 160 valence electrons. The number of aromatic nitrogens is 4. The van der Waals surface area contributed by atoms with Crippen molar-refractivity contribution in [1.29, 1.82) is 0 Å². The van der Waals surface area contributed by atoms with Gasteiger partial charge in [-0.1, -0.05) is 18.7 Å². The molecule has 2 aromatic rings. The van der Waals surface area contributed by atoms with Crippen molar-refractivity contribution in [2.24, 2.45) is 0 Å². The maximum absolute atomic E-state index is 12.5. The van der Waals surface area contributed by atoms with Crippen LogP contribution in [0, 0.1) is 0 Å². The number of rotatable bonds is 7. The zero-order valence-corrected chi connectivity index (χ0v) is 17.3. The Hall–Kier alpha value is -3.30. The molecular formula is C21H29N7O2. The van der Waals surface area contributed by atoms with E-state index in [2.05, 4.69) is 55.2 Å². The number of piperazine rings is 1. The molecule has 2 aromatic heterocycles. The van der Waals surface area contributed by atoms with Crippen LogP contribution in [0.2, 0.25) is 0 Å². The molecule has 0 saturated carbocycles. The van der Waals surface area contributed by atoms with Gasteiger partial charge in [0, 0.05) is 37.9 Å². The van der Waals surface area contributed by atoms with Crippen molar-refractivity contribution in [1.82, 2.24) is 30.6 Å². The van der Waals surface area contributed by atoms with Crippen molar-refractivity contribution in [3.8, 4) is 11.4 Å². The SMILES string of the molecule is C=C.C=C/C(=C\C)C(CO)NC(=O)c1cc(-c2ncnc(N3CCNCC3)n2)c[nH]1. The summed E-state index contributed by atoms with van der Waals surface area (Å²) in [5.41, 5.74) is 1.80. The van der Waals surface area contributed by atoms with Crippen molar-refractivity contribution in [3.05, 3.63) is 61.7 Å². The summed E-state index contributed by atoms with van der Waals surface area (Å²) in [5.74, 6) is 0.795. The summed E-state index contributed by atoms with van der Waals surface area (Å²) in [5, 5.41) is 15.6. The quantitative estimate of drug-likeness (QED) is 0.400. The largest absolute Gasteiger partial charge is 0.394 e. The fraction of sp³-hybridized carbons (Fsp3) is 0.333. The summed E-state index contributed by atoms with van der Waals surface area (Å²) in [6.45, 7) is 14.8. The van der Waals surface area contributed by atoms with Crippen LogP contribution in [-0.4, -0.2) is 69.8 Å². The van der Waals surface area contributed by atoms with Gasteiger partial charge in [0.05, 0.1) is 12.6 Å². The van der Waals surface area contributed by atoms with Crippen LogP contribution >= 0.6 is 0 Å². The molecule has 0 aliphatic carbocycles. The molecule has 0 bridgehead atoms. The Morgan fingerprint density at radius 3 is 2.73 bits per heavy atom. The number of amides is 1. The normalized spacial score (nSPS) is 15.0. The minimum absolute atomic E-state index is 0.216. The average molecular weight is 412 g/mol. The first-order valence-corrected chi connectivity index (χ1v) is 9.70. The minimum atomic E-state index is -0.516. The predicted octanol–water partition coefficient (Wildman–Crippen LogP) is 1.30. The Labute approximate surface area is 176 Å². The number of carbonyl (C=O) groups is 1. The van der Waals surface area contributed by atoms with Gasteiger partial charge >= 0.3 is 0 Å². The molecule has 0 radical (unpaired) electrons. The number of aromatic amines is 1. The van der Waals surface area contributed by atoms with Gasteiger partial charge in [-0.2, -0.15) is 4.98 Å². The van der Waals surface area contributed by atoms with Crippen molar-refractivity contribution in [2.75, 3.05) is 37.7 Å². The fourth-order valence-electron chi connectivity index (χ4n) is 3.03. The van der Waals surface area contributed by atoms with E-state index >= 15 is 0 Å². The molecule has 1 amide bonds. The number of anilines is 1. The highest BCUT2D eigenvalue weighted by atomic mass is 16.3. The van der Waals surface area contributed by atoms with E-state index in [0.29, 0.717) is 23.0 Å². The second-order valence-corrected chi connectivity index (χ2v) is 6.35. The van der Waals surface area contributed by atoms with E-state index in [4.69, 9.17) is 0 Å². The Kier molecular flexibility index (Phi) is 8.92. The Balaban J connectivity index is 0.00000155. The van der Waals surface area contributed by atoms with Gasteiger partial charge in [0.2, 0.25) is 5.95 Å². The lowest BCUT2D eigenvalue weighted by Gasteiger charge is -2.27. The molecule has 30 heavy (non-hydrogen) atoms. The van der Waals surface area contributed by atoms with Gasteiger partial charge in [-0.25, -0.2) is 9.97 Å². The van der Waals surface area contributed by atoms with Crippen LogP contribution in [0.25, 0.3) is 11.4 Å². The predicted molar refractivity (Wildman–Crippen MR) is 118 cm³/mol. The summed E-state index contributed by atoms with van der Waals surface area (Å²) in [6.07, 6.45) is 6.58. The highest BCUT2D eigenvalue weighted by Gasteiger charge is 2.18. The molecule has 1 aliphatic rings. The Bertz CT molecular complexity index is 872. The van der Waals surface area contributed by atoms with E-state index in [1.807, 2.05) is 6.92 Å². The van der Waals surface area contributed by atoms with Gasteiger partial charge in [0.25, 0.3) is 5.91 Å². The third kappa shape index (κ3) is 5.62. The number of carbonyl (C=O) groups excluding carboxylic acids is 1. The average Bonchev–Trinajstić information content (AvgIpc) is 3.31. The lowest BCUT2D eigenvalue weighted by Crippen LogP contribution is -2.44. The van der Waals surface area contributed by atoms with E-state index in [0.717, 1.165) is 31.8 Å². The van der Waals surface area contributed by atoms with Gasteiger partial charge in [0.1, 0.15) is 12.0 Å². The number of H-pyrrole nitrogens is 1. The summed E-state index contributed by atoms with van der Waals surface area (Å²) in [6, 6.07) is 1.17. The summed E-state index contributed by atoms with van der Waals surface area (Å²) < 4.78 is 0. The van der Waals surface area contributed by atoms with Crippen molar-refractivity contribution in [2.45, 2.75) is 13.0 Å². The van der Waals surface area contributed by atoms with Crippen molar-refractivity contribution >= 4 is 11.9 Å². The lowest BCUT2D eigenvalue weighted by molar-refractivity contribution is 0.0923. The molecule has 1 fully saturated rings. The second-order valence-electron chi connectivity index (χ2n) is 6.35.